The van der Waals surface area contributed by atoms with Crippen molar-refractivity contribution in [2.24, 2.45) is 0 Å². The first kappa shape index (κ1) is 10.8. The van der Waals surface area contributed by atoms with Crippen LogP contribution in [0.25, 0.3) is 0 Å². The topological polar surface area (TPSA) is 40.5 Å². The van der Waals surface area contributed by atoms with Crippen LogP contribution in [0.3, 0.4) is 0 Å². The van der Waals surface area contributed by atoms with Gasteiger partial charge in [0, 0.05) is 0 Å². The molecule has 1 rings (SSSR count). The van der Waals surface area contributed by atoms with Gasteiger partial charge in [-0.25, -0.2) is 0 Å². The zero-order valence-corrected chi connectivity index (χ0v) is 8.36. The van der Waals surface area contributed by atoms with E-state index in [1.807, 2.05) is 6.07 Å². The second-order valence-electron chi connectivity index (χ2n) is 3.78. The number of terminal acetylenes is 1. The number of rotatable bonds is 2. The van der Waals surface area contributed by atoms with Crippen LogP contribution in [0.2, 0.25) is 0 Å². The number of benzene rings is 1. The van der Waals surface area contributed by atoms with Crippen molar-refractivity contribution in [3.63, 3.8) is 0 Å². The van der Waals surface area contributed by atoms with E-state index in [1.54, 1.807) is 24.3 Å². The van der Waals surface area contributed by atoms with E-state index in [1.165, 1.54) is 13.8 Å². The summed E-state index contributed by atoms with van der Waals surface area (Å²) in [6.07, 6.45) is 5.27. The SMILES string of the molecule is C#C[C@@](O)(c1ccccc1)C(C)(C)O. The molecule has 0 fully saturated rings. The van der Waals surface area contributed by atoms with Crippen LogP contribution in [-0.4, -0.2) is 15.8 Å². The largest absolute Gasteiger partial charge is 0.386 e. The molecule has 14 heavy (non-hydrogen) atoms. The van der Waals surface area contributed by atoms with Gasteiger partial charge in [-0.3, -0.25) is 0 Å². The Morgan fingerprint density at radius 3 is 2.00 bits per heavy atom. The molecule has 0 aromatic heterocycles. The molecule has 0 aliphatic heterocycles. The molecule has 74 valence electrons. The molecule has 0 bridgehead atoms. The van der Waals surface area contributed by atoms with Crippen LogP contribution in [0.1, 0.15) is 19.4 Å². The minimum Gasteiger partial charge on any atom is -0.386 e. The Hall–Kier alpha value is -1.30. The average Bonchev–Trinajstić information content (AvgIpc) is 2.16. The molecule has 0 heterocycles. The molecule has 0 radical (unpaired) electrons. The van der Waals surface area contributed by atoms with Crippen molar-refractivity contribution < 1.29 is 10.2 Å². The Labute approximate surface area is 84.2 Å². The second kappa shape index (κ2) is 3.45. The van der Waals surface area contributed by atoms with Crippen LogP contribution in [0.4, 0.5) is 0 Å². The Kier molecular flexibility index (Phi) is 2.66. The minimum absolute atomic E-state index is 0.523. The maximum absolute atomic E-state index is 10.1. The first-order valence-corrected chi connectivity index (χ1v) is 4.40. The van der Waals surface area contributed by atoms with E-state index in [0.29, 0.717) is 5.56 Å². The van der Waals surface area contributed by atoms with Gasteiger partial charge in [-0.05, 0) is 19.4 Å². The molecule has 1 aromatic rings. The van der Waals surface area contributed by atoms with E-state index in [9.17, 15) is 10.2 Å². The van der Waals surface area contributed by atoms with Gasteiger partial charge in [-0.2, -0.15) is 0 Å². The van der Waals surface area contributed by atoms with Crippen LogP contribution in [-0.2, 0) is 5.60 Å². The molecule has 0 aliphatic carbocycles. The van der Waals surface area contributed by atoms with Crippen molar-refractivity contribution in [3.05, 3.63) is 35.9 Å². The van der Waals surface area contributed by atoms with Crippen LogP contribution in [0.15, 0.2) is 30.3 Å². The predicted octanol–water partition coefficient (Wildman–Crippen LogP) is 1.28. The fourth-order valence-electron chi connectivity index (χ4n) is 1.29. The highest BCUT2D eigenvalue weighted by atomic mass is 16.4. The van der Waals surface area contributed by atoms with Crippen LogP contribution in [0, 0.1) is 12.3 Å². The lowest BCUT2D eigenvalue weighted by Crippen LogP contribution is -2.46. The molecule has 1 atom stereocenters. The molecule has 0 saturated carbocycles. The lowest BCUT2D eigenvalue weighted by Gasteiger charge is -2.34. The molecule has 2 heteroatoms. The van der Waals surface area contributed by atoms with Crippen LogP contribution >= 0.6 is 0 Å². The Balaban J connectivity index is 3.25. The minimum atomic E-state index is -1.64. The highest BCUT2D eigenvalue weighted by Gasteiger charge is 2.42. The van der Waals surface area contributed by atoms with Gasteiger partial charge in [0.15, 0.2) is 5.60 Å². The zero-order valence-electron chi connectivity index (χ0n) is 8.36. The maximum atomic E-state index is 10.1. The van der Waals surface area contributed by atoms with Crippen molar-refractivity contribution in [2.75, 3.05) is 0 Å². The van der Waals surface area contributed by atoms with Crippen molar-refractivity contribution >= 4 is 0 Å². The summed E-state index contributed by atoms with van der Waals surface area (Å²) >= 11 is 0. The van der Waals surface area contributed by atoms with Gasteiger partial charge >= 0.3 is 0 Å². The maximum Gasteiger partial charge on any atom is 0.178 e. The third kappa shape index (κ3) is 1.65. The van der Waals surface area contributed by atoms with Gasteiger partial charge in [0.05, 0.1) is 0 Å². The number of aliphatic hydroxyl groups is 2. The summed E-state index contributed by atoms with van der Waals surface area (Å²) in [5.74, 6) is 2.24. The molecule has 0 saturated heterocycles. The predicted molar refractivity (Wildman–Crippen MR) is 55.5 cm³/mol. The standard InChI is InChI=1S/C12H14O2/c1-4-12(14,11(2,3)13)10-8-6-5-7-9-10/h1,5-9,13-14H,2-3H3/t12-/m1/s1. The third-order valence-electron chi connectivity index (χ3n) is 2.29. The number of hydrogen-bond acceptors (Lipinski definition) is 2. The molecule has 0 aliphatic rings. The van der Waals surface area contributed by atoms with Crippen LogP contribution in [0.5, 0.6) is 0 Å². The highest BCUT2D eigenvalue weighted by molar-refractivity contribution is 5.33. The highest BCUT2D eigenvalue weighted by Crippen LogP contribution is 2.31. The van der Waals surface area contributed by atoms with E-state index < -0.39 is 11.2 Å². The second-order valence-corrected chi connectivity index (χ2v) is 3.78. The average molecular weight is 190 g/mol. The fraction of sp³-hybridized carbons (Fsp3) is 0.333. The zero-order chi connectivity index (χ0) is 10.8. The third-order valence-corrected chi connectivity index (χ3v) is 2.29. The Bertz CT molecular complexity index is 343. The van der Waals surface area contributed by atoms with Gasteiger partial charge < -0.3 is 10.2 Å². The summed E-state index contributed by atoms with van der Waals surface area (Å²) in [7, 11) is 0. The quantitative estimate of drug-likeness (QED) is 0.690. The smallest absolute Gasteiger partial charge is 0.178 e. The monoisotopic (exact) mass is 190 g/mol. The van der Waals surface area contributed by atoms with Gasteiger partial charge in [-0.1, -0.05) is 36.3 Å². The van der Waals surface area contributed by atoms with Gasteiger partial charge in [-0.15, -0.1) is 6.42 Å². The fourth-order valence-corrected chi connectivity index (χ4v) is 1.29. The van der Waals surface area contributed by atoms with Crippen molar-refractivity contribution in [1.82, 2.24) is 0 Å². The molecular weight excluding hydrogens is 176 g/mol. The molecule has 1 aromatic carbocycles. The van der Waals surface area contributed by atoms with Crippen molar-refractivity contribution in [1.29, 1.82) is 0 Å². The number of hydrogen-bond donors (Lipinski definition) is 2. The Morgan fingerprint density at radius 2 is 1.64 bits per heavy atom. The van der Waals surface area contributed by atoms with E-state index in [2.05, 4.69) is 5.92 Å². The van der Waals surface area contributed by atoms with E-state index in [4.69, 9.17) is 6.42 Å². The summed E-state index contributed by atoms with van der Waals surface area (Å²) in [5.41, 5.74) is -2.49. The first-order valence-electron chi connectivity index (χ1n) is 4.40. The van der Waals surface area contributed by atoms with Gasteiger partial charge in [0.25, 0.3) is 0 Å². The lowest BCUT2D eigenvalue weighted by molar-refractivity contribution is -0.0982. The van der Waals surface area contributed by atoms with Gasteiger partial charge in [0.2, 0.25) is 0 Å². The Morgan fingerprint density at radius 1 is 1.14 bits per heavy atom. The summed E-state index contributed by atoms with van der Waals surface area (Å²) in [6, 6.07) is 8.74. The summed E-state index contributed by atoms with van der Waals surface area (Å²) < 4.78 is 0. The van der Waals surface area contributed by atoms with E-state index in [-0.39, 0.29) is 0 Å². The first-order chi connectivity index (χ1) is 6.42. The molecular formula is C12H14O2. The van der Waals surface area contributed by atoms with Crippen molar-refractivity contribution in [3.8, 4) is 12.3 Å². The normalized spacial score (nSPS) is 15.6. The van der Waals surface area contributed by atoms with E-state index >= 15 is 0 Å². The van der Waals surface area contributed by atoms with Gasteiger partial charge in [0.1, 0.15) is 5.60 Å². The summed E-state index contributed by atoms with van der Waals surface area (Å²) in [4.78, 5) is 0. The molecule has 2 N–H and O–H groups in total. The van der Waals surface area contributed by atoms with Crippen LogP contribution < -0.4 is 0 Å². The lowest BCUT2D eigenvalue weighted by atomic mass is 9.80. The summed E-state index contributed by atoms with van der Waals surface area (Å²) in [6.45, 7) is 2.97. The van der Waals surface area contributed by atoms with E-state index in [0.717, 1.165) is 0 Å². The molecule has 0 spiro atoms. The summed E-state index contributed by atoms with van der Waals surface area (Å²) in [5, 5.41) is 19.9. The molecule has 0 unspecified atom stereocenters. The molecule has 0 amide bonds. The molecule has 2 nitrogen and oxygen atoms in total. The van der Waals surface area contributed by atoms with Crippen molar-refractivity contribution in [2.45, 2.75) is 25.0 Å².